The van der Waals surface area contributed by atoms with E-state index in [1.165, 1.54) is 0 Å². The second kappa shape index (κ2) is 4.24. The summed E-state index contributed by atoms with van der Waals surface area (Å²) in [6, 6.07) is 0. The van der Waals surface area contributed by atoms with E-state index in [2.05, 4.69) is 33.9 Å². The molecule has 4 heteroatoms. The summed E-state index contributed by atoms with van der Waals surface area (Å²) in [5.41, 5.74) is 0. The van der Waals surface area contributed by atoms with Crippen molar-refractivity contribution in [3.05, 3.63) is 11.8 Å². The van der Waals surface area contributed by atoms with Gasteiger partial charge in [-0.2, -0.15) is 0 Å². The average molecular weight is 242 g/mol. The molecule has 0 aliphatic carbocycles. The summed E-state index contributed by atoms with van der Waals surface area (Å²) in [5.74, 6) is 0.107. The molecule has 0 aromatic heterocycles. The van der Waals surface area contributed by atoms with E-state index in [4.69, 9.17) is 9.16 Å². The predicted molar refractivity (Wildman–Crippen MR) is 66.5 cm³/mol. The Bertz CT molecular complexity index is 313. The molecule has 1 atom stereocenters. The molecule has 0 aromatic rings. The van der Waals surface area contributed by atoms with Crippen LogP contribution >= 0.6 is 0 Å². The highest BCUT2D eigenvalue weighted by atomic mass is 28.4. The summed E-state index contributed by atoms with van der Waals surface area (Å²) in [6.45, 7) is 12.7. The maximum absolute atomic E-state index is 11.6. The Balaban J connectivity index is 2.79. The molecule has 0 aromatic carbocycles. The minimum atomic E-state index is -1.92. The topological polar surface area (TPSA) is 35.5 Å². The summed E-state index contributed by atoms with van der Waals surface area (Å²) < 4.78 is 11.1. The molecule has 1 aliphatic rings. The third-order valence-electron chi connectivity index (χ3n) is 3.37. The van der Waals surface area contributed by atoms with Crippen molar-refractivity contribution >= 4 is 14.3 Å². The van der Waals surface area contributed by atoms with Gasteiger partial charge in [0.15, 0.2) is 5.76 Å². The van der Waals surface area contributed by atoms with Gasteiger partial charge in [0, 0.05) is 6.08 Å². The van der Waals surface area contributed by atoms with Crippen molar-refractivity contribution in [1.29, 1.82) is 0 Å². The lowest BCUT2D eigenvalue weighted by molar-refractivity contribution is -0.141. The summed E-state index contributed by atoms with van der Waals surface area (Å²) >= 11 is 0. The predicted octanol–water partition coefficient (Wildman–Crippen LogP) is 3.23. The largest absolute Gasteiger partial charge is 0.539 e. The van der Waals surface area contributed by atoms with Crippen LogP contribution in [0.4, 0.5) is 0 Å². The lowest BCUT2D eigenvalue weighted by Gasteiger charge is -2.36. The molecule has 0 fully saturated rings. The van der Waals surface area contributed by atoms with Gasteiger partial charge >= 0.3 is 5.97 Å². The van der Waals surface area contributed by atoms with E-state index < -0.39 is 8.32 Å². The van der Waals surface area contributed by atoms with E-state index in [0.717, 1.165) is 6.42 Å². The molecule has 1 aliphatic heterocycles. The number of cyclic esters (lactones) is 1. The monoisotopic (exact) mass is 242 g/mol. The minimum absolute atomic E-state index is 0.0957. The zero-order chi connectivity index (χ0) is 12.6. The molecule has 0 amide bonds. The third-order valence-corrected chi connectivity index (χ3v) is 7.71. The van der Waals surface area contributed by atoms with Gasteiger partial charge in [0.2, 0.25) is 0 Å². The van der Waals surface area contributed by atoms with Crippen molar-refractivity contribution < 1.29 is 14.0 Å². The van der Waals surface area contributed by atoms with Crippen molar-refractivity contribution in [3.8, 4) is 0 Å². The zero-order valence-corrected chi connectivity index (χ0v) is 12.1. The summed E-state index contributed by atoms with van der Waals surface area (Å²) in [6.07, 6.45) is 2.51. The Labute approximate surface area is 99.0 Å². The third kappa shape index (κ3) is 2.67. The second-order valence-electron chi connectivity index (χ2n) is 5.75. The van der Waals surface area contributed by atoms with Crippen LogP contribution in [-0.2, 0) is 14.0 Å². The normalized spacial score (nSPS) is 21.8. The second-order valence-corrected chi connectivity index (χ2v) is 10.5. The first-order valence-electron chi connectivity index (χ1n) is 5.79. The fraction of sp³-hybridized carbons (Fsp3) is 0.750. The van der Waals surface area contributed by atoms with Gasteiger partial charge in [0.25, 0.3) is 8.32 Å². The molecule has 92 valence electrons. The van der Waals surface area contributed by atoms with Crippen LogP contribution in [0.25, 0.3) is 0 Å². The van der Waals surface area contributed by atoms with Crippen molar-refractivity contribution in [2.45, 2.75) is 58.4 Å². The molecule has 0 spiro atoms. The molecule has 0 saturated carbocycles. The van der Waals surface area contributed by atoms with Crippen molar-refractivity contribution in [1.82, 2.24) is 0 Å². The highest BCUT2D eigenvalue weighted by Crippen LogP contribution is 2.38. The molecule has 0 N–H and O–H groups in total. The van der Waals surface area contributed by atoms with Gasteiger partial charge in [-0.3, -0.25) is 0 Å². The number of esters is 1. The molecule has 3 nitrogen and oxygen atoms in total. The van der Waals surface area contributed by atoms with Crippen LogP contribution in [0.15, 0.2) is 11.8 Å². The summed E-state index contributed by atoms with van der Waals surface area (Å²) in [7, 11) is -1.92. The van der Waals surface area contributed by atoms with Gasteiger partial charge in [-0.1, -0.05) is 27.7 Å². The molecular formula is C12H22O3Si. The summed E-state index contributed by atoms with van der Waals surface area (Å²) in [4.78, 5) is 11.6. The fourth-order valence-electron chi connectivity index (χ4n) is 1.17. The first kappa shape index (κ1) is 13.3. The number of hydrogen-bond donors (Lipinski definition) is 0. The molecule has 0 saturated heterocycles. The SMILES string of the molecule is CC[C@@H]1C=C(O[Si](C)(C)C(C)(C)C)C(=O)O1. The molecular weight excluding hydrogens is 220 g/mol. The molecule has 1 heterocycles. The highest BCUT2D eigenvalue weighted by Gasteiger charge is 2.41. The zero-order valence-electron chi connectivity index (χ0n) is 11.1. The minimum Gasteiger partial charge on any atom is -0.539 e. The smallest absolute Gasteiger partial charge is 0.372 e. The maximum Gasteiger partial charge on any atom is 0.372 e. The lowest BCUT2D eigenvalue weighted by atomic mass is 10.2. The van der Waals surface area contributed by atoms with Crippen LogP contribution in [0, 0.1) is 0 Å². The standard InChI is InChI=1S/C12H22O3Si/c1-7-9-8-10(11(13)14-9)15-16(5,6)12(2,3)4/h8-9H,7H2,1-6H3/t9-/m1/s1. The Morgan fingerprint density at radius 2 is 2.00 bits per heavy atom. The van der Waals surface area contributed by atoms with Crippen LogP contribution < -0.4 is 0 Å². The number of carbonyl (C=O) groups is 1. The molecule has 0 radical (unpaired) electrons. The fourth-order valence-corrected chi connectivity index (χ4v) is 2.18. The Kier molecular flexibility index (Phi) is 3.52. The number of rotatable bonds is 3. The number of carbonyl (C=O) groups excluding carboxylic acids is 1. The van der Waals surface area contributed by atoms with Crippen LogP contribution in [-0.4, -0.2) is 20.4 Å². The van der Waals surface area contributed by atoms with Gasteiger partial charge in [-0.05, 0) is 24.6 Å². The first-order valence-corrected chi connectivity index (χ1v) is 8.70. The highest BCUT2D eigenvalue weighted by molar-refractivity contribution is 6.74. The Hall–Kier alpha value is -0.773. The van der Waals surface area contributed by atoms with E-state index >= 15 is 0 Å². The van der Waals surface area contributed by atoms with E-state index in [0.29, 0.717) is 5.76 Å². The van der Waals surface area contributed by atoms with Gasteiger partial charge in [-0.15, -0.1) is 0 Å². The Morgan fingerprint density at radius 1 is 1.44 bits per heavy atom. The van der Waals surface area contributed by atoms with Crippen molar-refractivity contribution in [3.63, 3.8) is 0 Å². The van der Waals surface area contributed by atoms with Gasteiger partial charge < -0.3 is 9.16 Å². The molecule has 1 rings (SSSR count). The van der Waals surface area contributed by atoms with Crippen LogP contribution in [0.2, 0.25) is 18.1 Å². The first-order chi connectivity index (χ1) is 7.17. The van der Waals surface area contributed by atoms with Crippen molar-refractivity contribution in [2.24, 2.45) is 0 Å². The van der Waals surface area contributed by atoms with Crippen LogP contribution in [0.3, 0.4) is 0 Å². The van der Waals surface area contributed by atoms with Gasteiger partial charge in [0.1, 0.15) is 6.10 Å². The van der Waals surface area contributed by atoms with Crippen LogP contribution in [0.5, 0.6) is 0 Å². The van der Waals surface area contributed by atoms with E-state index in [1.54, 1.807) is 0 Å². The van der Waals surface area contributed by atoms with Gasteiger partial charge in [0.05, 0.1) is 0 Å². The summed E-state index contributed by atoms with van der Waals surface area (Å²) in [5, 5.41) is 0.0957. The number of ether oxygens (including phenoxy) is 1. The number of hydrogen-bond acceptors (Lipinski definition) is 3. The lowest BCUT2D eigenvalue weighted by Crippen LogP contribution is -2.41. The van der Waals surface area contributed by atoms with E-state index in [1.807, 2.05) is 13.0 Å². The molecule has 0 unspecified atom stereocenters. The maximum atomic E-state index is 11.6. The van der Waals surface area contributed by atoms with Crippen molar-refractivity contribution in [2.75, 3.05) is 0 Å². The Morgan fingerprint density at radius 3 is 2.38 bits per heavy atom. The van der Waals surface area contributed by atoms with E-state index in [9.17, 15) is 4.79 Å². The van der Waals surface area contributed by atoms with Gasteiger partial charge in [-0.25, -0.2) is 4.79 Å². The average Bonchev–Trinajstić information content (AvgIpc) is 2.44. The van der Waals surface area contributed by atoms with Crippen LogP contribution in [0.1, 0.15) is 34.1 Å². The van der Waals surface area contributed by atoms with E-state index in [-0.39, 0.29) is 17.1 Å². The quantitative estimate of drug-likeness (QED) is 0.563. The molecule has 0 bridgehead atoms. The molecule has 16 heavy (non-hydrogen) atoms.